The summed E-state index contributed by atoms with van der Waals surface area (Å²) >= 11 is 0. The van der Waals surface area contributed by atoms with Gasteiger partial charge in [-0.25, -0.2) is 0 Å². The lowest BCUT2D eigenvalue weighted by atomic mass is 9.83. The molecule has 1 aromatic carbocycles. The van der Waals surface area contributed by atoms with E-state index in [0.29, 0.717) is 6.54 Å². The number of aromatic nitrogens is 1. The number of para-hydroxylation sites is 1. The van der Waals surface area contributed by atoms with E-state index in [1.54, 1.807) is 6.26 Å². The summed E-state index contributed by atoms with van der Waals surface area (Å²) in [6, 6.07) is 11.7. The Balaban J connectivity index is 1.83. The molecule has 0 aliphatic rings. The second kappa shape index (κ2) is 5.13. The summed E-state index contributed by atoms with van der Waals surface area (Å²) in [6.45, 7) is 4.26. The van der Waals surface area contributed by atoms with Gasteiger partial charge in [-0.05, 0) is 37.6 Å². The van der Waals surface area contributed by atoms with Gasteiger partial charge in [0.1, 0.15) is 5.76 Å². The predicted molar refractivity (Wildman–Crippen MR) is 81.9 cm³/mol. The Morgan fingerprint density at radius 1 is 1.24 bits per heavy atom. The van der Waals surface area contributed by atoms with Gasteiger partial charge in [-0.3, -0.25) is 4.79 Å². The third kappa shape index (κ3) is 2.44. The van der Waals surface area contributed by atoms with Crippen molar-refractivity contribution in [1.29, 1.82) is 0 Å². The summed E-state index contributed by atoms with van der Waals surface area (Å²) in [5.41, 5.74) is 1.42. The molecule has 0 saturated carbocycles. The Kier molecular flexibility index (Phi) is 3.29. The molecule has 0 aliphatic carbocycles. The number of amides is 1. The molecule has 0 aliphatic heterocycles. The fourth-order valence-electron chi connectivity index (χ4n) is 2.51. The molecule has 2 N–H and O–H groups in total. The third-order valence-electron chi connectivity index (χ3n) is 3.83. The van der Waals surface area contributed by atoms with Crippen molar-refractivity contribution in [1.82, 2.24) is 10.3 Å². The van der Waals surface area contributed by atoms with Gasteiger partial charge >= 0.3 is 0 Å². The fourth-order valence-corrected chi connectivity index (χ4v) is 2.51. The van der Waals surface area contributed by atoms with Gasteiger partial charge in [0.05, 0.1) is 18.2 Å². The highest BCUT2D eigenvalue weighted by Crippen LogP contribution is 2.30. The van der Waals surface area contributed by atoms with E-state index in [-0.39, 0.29) is 5.91 Å². The Labute approximate surface area is 123 Å². The number of aromatic amines is 1. The average Bonchev–Trinajstić information content (AvgIpc) is 3.13. The molecule has 2 heterocycles. The maximum atomic E-state index is 12.5. The number of hydrogen-bond donors (Lipinski definition) is 2. The van der Waals surface area contributed by atoms with Crippen LogP contribution in [0.2, 0.25) is 0 Å². The van der Waals surface area contributed by atoms with E-state index in [1.165, 1.54) is 0 Å². The highest BCUT2D eigenvalue weighted by molar-refractivity contribution is 5.94. The molecule has 0 bridgehead atoms. The molecule has 0 fully saturated rings. The fraction of sp³-hybridized carbons (Fsp3) is 0.235. The van der Waals surface area contributed by atoms with Gasteiger partial charge in [-0.15, -0.1) is 0 Å². The number of H-pyrrole nitrogens is 1. The number of nitrogens with one attached hydrogen (secondary N) is 2. The standard InChI is InChI=1S/C17H18N2O2/c1-17(2,16(20)19-10-12-6-5-9-21-12)14-11-18-15-8-4-3-7-13(14)15/h3-9,11,18H,10H2,1-2H3,(H,19,20). The highest BCUT2D eigenvalue weighted by atomic mass is 16.3. The number of hydrogen-bond acceptors (Lipinski definition) is 2. The van der Waals surface area contributed by atoms with Crippen LogP contribution in [0, 0.1) is 0 Å². The van der Waals surface area contributed by atoms with E-state index in [2.05, 4.69) is 10.3 Å². The van der Waals surface area contributed by atoms with Crippen molar-refractivity contribution < 1.29 is 9.21 Å². The largest absolute Gasteiger partial charge is 0.467 e. The van der Waals surface area contributed by atoms with Crippen LogP contribution in [0.3, 0.4) is 0 Å². The minimum atomic E-state index is -0.619. The number of benzene rings is 1. The van der Waals surface area contributed by atoms with Crippen LogP contribution < -0.4 is 5.32 Å². The summed E-state index contributed by atoms with van der Waals surface area (Å²) in [4.78, 5) is 15.8. The summed E-state index contributed by atoms with van der Waals surface area (Å²) in [7, 11) is 0. The molecular weight excluding hydrogens is 264 g/mol. The van der Waals surface area contributed by atoms with Crippen LogP contribution in [0.25, 0.3) is 10.9 Å². The molecule has 0 unspecified atom stereocenters. The van der Waals surface area contributed by atoms with Crippen LogP contribution in [-0.2, 0) is 16.8 Å². The van der Waals surface area contributed by atoms with E-state index < -0.39 is 5.41 Å². The number of carbonyl (C=O) groups is 1. The lowest BCUT2D eigenvalue weighted by molar-refractivity contribution is -0.125. The van der Waals surface area contributed by atoms with E-state index in [0.717, 1.165) is 22.2 Å². The normalized spacial score (nSPS) is 11.7. The second-order valence-corrected chi connectivity index (χ2v) is 5.63. The van der Waals surface area contributed by atoms with Gasteiger partial charge in [0.15, 0.2) is 0 Å². The molecule has 0 radical (unpaired) electrons. The number of rotatable bonds is 4. The van der Waals surface area contributed by atoms with Crippen molar-refractivity contribution in [3.8, 4) is 0 Å². The Hall–Kier alpha value is -2.49. The van der Waals surface area contributed by atoms with Crippen molar-refractivity contribution in [2.24, 2.45) is 0 Å². The van der Waals surface area contributed by atoms with Gasteiger partial charge in [0.2, 0.25) is 5.91 Å². The third-order valence-corrected chi connectivity index (χ3v) is 3.83. The first-order valence-corrected chi connectivity index (χ1v) is 6.96. The van der Waals surface area contributed by atoms with E-state index in [4.69, 9.17) is 4.42 Å². The zero-order valence-corrected chi connectivity index (χ0v) is 12.1. The van der Waals surface area contributed by atoms with Crippen LogP contribution in [0.5, 0.6) is 0 Å². The quantitative estimate of drug-likeness (QED) is 0.771. The van der Waals surface area contributed by atoms with Gasteiger partial charge in [0.25, 0.3) is 0 Å². The number of carbonyl (C=O) groups excluding carboxylic acids is 1. The molecule has 1 amide bonds. The summed E-state index contributed by atoms with van der Waals surface area (Å²) in [5, 5.41) is 4.01. The van der Waals surface area contributed by atoms with Gasteiger partial charge < -0.3 is 14.7 Å². The number of fused-ring (bicyclic) bond motifs is 1. The molecule has 108 valence electrons. The van der Waals surface area contributed by atoms with Crippen LogP contribution in [0.4, 0.5) is 0 Å². The zero-order chi connectivity index (χ0) is 14.9. The molecule has 3 rings (SSSR count). The molecule has 0 saturated heterocycles. The molecule has 0 atom stereocenters. The second-order valence-electron chi connectivity index (χ2n) is 5.63. The van der Waals surface area contributed by atoms with E-state index >= 15 is 0 Å². The highest BCUT2D eigenvalue weighted by Gasteiger charge is 2.32. The first-order chi connectivity index (χ1) is 10.1. The Morgan fingerprint density at radius 3 is 2.81 bits per heavy atom. The molecule has 3 aromatic rings. The van der Waals surface area contributed by atoms with Gasteiger partial charge in [-0.1, -0.05) is 18.2 Å². The molecular formula is C17H18N2O2. The van der Waals surface area contributed by atoms with E-state index in [1.807, 2.05) is 56.4 Å². The van der Waals surface area contributed by atoms with Crippen molar-refractivity contribution in [3.63, 3.8) is 0 Å². The lowest BCUT2D eigenvalue weighted by Crippen LogP contribution is -2.39. The number of furan rings is 1. The topological polar surface area (TPSA) is 58.0 Å². The predicted octanol–water partition coefficient (Wildman–Crippen LogP) is 3.35. The van der Waals surface area contributed by atoms with Crippen molar-refractivity contribution in [3.05, 3.63) is 60.2 Å². The van der Waals surface area contributed by atoms with Crippen LogP contribution in [0.15, 0.2) is 53.3 Å². The van der Waals surface area contributed by atoms with Crippen molar-refractivity contribution in [2.75, 3.05) is 0 Å². The first-order valence-electron chi connectivity index (χ1n) is 6.96. The minimum Gasteiger partial charge on any atom is -0.467 e. The molecule has 4 heteroatoms. The smallest absolute Gasteiger partial charge is 0.230 e. The average molecular weight is 282 g/mol. The van der Waals surface area contributed by atoms with Crippen LogP contribution >= 0.6 is 0 Å². The Bertz CT molecular complexity index is 754. The maximum Gasteiger partial charge on any atom is 0.230 e. The molecule has 4 nitrogen and oxygen atoms in total. The SMILES string of the molecule is CC(C)(C(=O)NCc1ccco1)c1c[nH]c2ccccc12. The van der Waals surface area contributed by atoms with Gasteiger partial charge in [0, 0.05) is 17.1 Å². The summed E-state index contributed by atoms with van der Waals surface area (Å²) in [5.74, 6) is 0.724. The molecule has 2 aromatic heterocycles. The van der Waals surface area contributed by atoms with Crippen LogP contribution in [0.1, 0.15) is 25.2 Å². The lowest BCUT2D eigenvalue weighted by Gasteiger charge is -2.23. The summed E-state index contributed by atoms with van der Waals surface area (Å²) in [6.07, 6.45) is 3.52. The monoisotopic (exact) mass is 282 g/mol. The maximum absolute atomic E-state index is 12.5. The first kappa shape index (κ1) is 13.5. The van der Waals surface area contributed by atoms with Crippen LogP contribution in [-0.4, -0.2) is 10.9 Å². The Morgan fingerprint density at radius 2 is 2.05 bits per heavy atom. The van der Waals surface area contributed by atoms with Crippen molar-refractivity contribution >= 4 is 16.8 Å². The zero-order valence-electron chi connectivity index (χ0n) is 12.1. The molecule has 0 spiro atoms. The minimum absolute atomic E-state index is 0.0244. The van der Waals surface area contributed by atoms with Gasteiger partial charge in [-0.2, -0.15) is 0 Å². The van der Waals surface area contributed by atoms with E-state index in [9.17, 15) is 4.79 Å². The molecule has 21 heavy (non-hydrogen) atoms. The van der Waals surface area contributed by atoms with Crippen molar-refractivity contribution in [2.45, 2.75) is 25.8 Å². The summed E-state index contributed by atoms with van der Waals surface area (Å²) < 4.78 is 5.24.